The van der Waals surface area contributed by atoms with Crippen LogP contribution in [0, 0.1) is 5.82 Å². The highest BCUT2D eigenvalue weighted by molar-refractivity contribution is 7.15. The molecule has 0 radical (unpaired) electrons. The zero-order chi connectivity index (χ0) is 17.8. The van der Waals surface area contributed by atoms with Gasteiger partial charge in [0.1, 0.15) is 5.82 Å². The maximum absolute atomic E-state index is 14.1. The first kappa shape index (κ1) is 17.4. The lowest BCUT2D eigenvalue weighted by Crippen LogP contribution is -2.28. The summed E-state index contributed by atoms with van der Waals surface area (Å²) in [6.45, 7) is 1.17. The number of amides is 2. The van der Waals surface area contributed by atoms with Crippen LogP contribution >= 0.6 is 11.3 Å². The first-order chi connectivity index (χ1) is 12.1. The predicted molar refractivity (Wildman–Crippen MR) is 90.8 cm³/mol. The predicted octanol–water partition coefficient (Wildman–Crippen LogP) is 2.69. The SMILES string of the molecule is COc1cc(F)c(CNC(=O)Nc2nc3c(s2)COCC3)cc1OC. The standard InChI is InChI=1S/C16H18FN3O4S/c1-22-12-5-9(10(17)6-13(12)23-2)7-18-15(21)20-16-19-11-3-4-24-8-14(11)25-16/h5-6H,3-4,7-8H2,1-2H3,(H2,18,19,20,21). The van der Waals surface area contributed by atoms with Crippen molar-refractivity contribution in [2.45, 2.75) is 19.6 Å². The smallest absolute Gasteiger partial charge is 0.321 e. The van der Waals surface area contributed by atoms with Crippen molar-refractivity contribution >= 4 is 22.5 Å². The number of urea groups is 1. The molecule has 0 saturated heterocycles. The molecule has 2 amide bonds. The summed E-state index contributed by atoms with van der Waals surface area (Å²) in [5.41, 5.74) is 1.25. The van der Waals surface area contributed by atoms with Crippen LogP contribution in [0.2, 0.25) is 0 Å². The fraction of sp³-hybridized carbons (Fsp3) is 0.375. The van der Waals surface area contributed by atoms with Crippen molar-refractivity contribution < 1.29 is 23.4 Å². The minimum atomic E-state index is -0.486. The van der Waals surface area contributed by atoms with Crippen LogP contribution in [-0.4, -0.2) is 31.8 Å². The van der Waals surface area contributed by atoms with E-state index in [1.165, 1.54) is 37.7 Å². The van der Waals surface area contributed by atoms with Crippen LogP contribution in [0.3, 0.4) is 0 Å². The van der Waals surface area contributed by atoms with Crippen molar-refractivity contribution in [3.8, 4) is 11.5 Å². The van der Waals surface area contributed by atoms with Gasteiger partial charge < -0.3 is 19.5 Å². The first-order valence-corrected chi connectivity index (χ1v) is 8.44. The van der Waals surface area contributed by atoms with Crippen LogP contribution in [0.15, 0.2) is 12.1 Å². The third kappa shape index (κ3) is 3.99. The van der Waals surface area contributed by atoms with Crippen LogP contribution in [0.4, 0.5) is 14.3 Å². The fourth-order valence-corrected chi connectivity index (χ4v) is 3.37. The molecule has 1 aromatic carbocycles. The number of carbonyl (C=O) groups excluding carboxylic acids is 1. The lowest BCUT2D eigenvalue weighted by molar-refractivity contribution is 0.112. The van der Waals surface area contributed by atoms with Crippen molar-refractivity contribution in [1.82, 2.24) is 10.3 Å². The summed E-state index contributed by atoms with van der Waals surface area (Å²) < 4.78 is 29.6. The third-order valence-electron chi connectivity index (χ3n) is 3.71. The van der Waals surface area contributed by atoms with Gasteiger partial charge in [0.05, 0.1) is 38.0 Å². The summed E-state index contributed by atoms with van der Waals surface area (Å²) >= 11 is 1.38. The molecule has 3 rings (SSSR count). The van der Waals surface area contributed by atoms with Crippen molar-refractivity contribution in [2.24, 2.45) is 0 Å². The number of hydrogen-bond acceptors (Lipinski definition) is 6. The second-order valence-electron chi connectivity index (χ2n) is 5.30. The molecule has 0 spiro atoms. The van der Waals surface area contributed by atoms with Crippen molar-refractivity contribution in [3.63, 3.8) is 0 Å². The molecule has 1 aliphatic heterocycles. The first-order valence-electron chi connectivity index (χ1n) is 7.62. The van der Waals surface area contributed by atoms with E-state index in [2.05, 4.69) is 15.6 Å². The maximum atomic E-state index is 14.1. The summed E-state index contributed by atoms with van der Waals surface area (Å²) in [5.74, 6) is 0.206. The molecule has 0 atom stereocenters. The van der Waals surface area contributed by atoms with E-state index in [0.29, 0.717) is 35.4 Å². The Hall–Kier alpha value is -2.39. The number of hydrogen-bond donors (Lipinski definition) is 2. The molecule has 0 saturated carbocycles. The monoisotopic (exact) mass is 367 g/mol. The third-order valence-corrected chi connectivity index (χ3v) is 4.69. The summed E-state index contributed by atoms with van der Waals surface area (Å²) in [7, 11) is 2.90. The van der Waals surface area contributed by atoms with Gasteiger partial charge in [0.15, 0.2) is 16.6 Å². The normalized spacial score (nSPS) is 13.1. The number of nitrogens with one attached hydrogen (secondary N) is 2. The Labute approximate surface area is 148 Å². The largest absolute Gasteiger partial charge is 0.493 e. The van der Waals surface area contributed by atoms with E-state index in [0.717, 1.165) is 17.0 Å². The highest BCUT2D eigenvalue weighted by atomic mass is 32.1. The van der Waals surface area contributed by atoms with E-state index in [1.54, 1.807) is 0 Å². The molecule has 0 fully saturated rings. The van der Waals surface area contributed by atoms with Crippen LogP contribution in [0.25, 0.3) is 0 Å². The van der Waals surface area contributed by atoms with Gasteiger partial charge in [0.25, 0.3) is 0 Å². The molecule has 2 heterocycles. The quantitative estimate of drug-likeness (QED) is 0.849. The van der Waals surface area contributed by atoms with Crippen molar-refractivity contribution in [1.29, 1.82) is 0 Å². The van der Waals surface area contributed by atoms with Crippen molar-refractivity contribution in [3.05, 3.63) is 34.1 Å². The van der Waals surface area contributed by atoms with E-state index in [1.807, 2.05) is 0 Å². The zero-order valence-corrected chi connectivity index (χ0v) is 14.7. The Bertz CT molecular complexity index is 757. The van der Waals surface area contributed by atoms with Gasteiger partial charge in [-0.25, -0.2) is 14.2 Å². The minimum Gasteiger partial charge on any atom is -0.493 e. The van der Waals surface area contributed by atoms with E-state index < -0.39 is 11.8 Å². The molecular weight excluding hydrogens is 349 g/mol. The highest BCUT2D eigenvalue weighted by Crippen LogP contribution is 2.30. The second kappa shape index (κ2) is 7.66. The summed E-state index contributed by atoms with van der Waals surface area (Å²) in [4.78, 5) is 17.4. The average molecular weight is 367 g/mol. The van der Waals surface area contributed by atoms with Gasteiger partial charge in [0, 0.05) is 24.6 Å². The molecule has 0 unspecified atom stereocenters. The zero-order valence-electron chi connectivity index (χ0n) is 13.8. The number of aromatic nitrogens is 1. The number of thiazole rings is 1. The summed E-state index contributed by atoms with van der Waals surface area (Å²) in [5, 5.41) is 5.77. The molecule has 7 nitrogen and oxygen atoms in total. The number of fused-ring (bicyclic) bond motifs is 1. The average Bonchev–Trinajstić information content (AvgIpc) is 3.02. The number of ether oxygens (including phenoxy) is 3. The molecule has 1 aliphatic rings. The molecule has 1 aromatic heterocycles. The van der Waals surface area contributed by atoms with Gasteiger partial charge in [-0.15, -0.1) is 0 Å². The van der Waals surface area contributed by atoms with E-state index in [-0.39, 0.29) is 6.54 Å². The van der Waals surface area contributed by atoms with Crippen LogP contribution in [0.1, 0.15) is 16.1 Å². The van der Waals surface area contributed by atoms with Gasteiger partial charge in [0.2, 0.25) is 0 Å². The van der Waals surface area contributed by atoms with Gasteiger partial charge in [-0.05, 0) is 6.07 Å². The molecular formula is C16H18FN3O4S. The van der Waals surface area contributed by atoms with Gasteiger partial charge >= 0.3 is 6.03 Å². The molecule has 0 bridgehead atoms. The minimum absolute atomic E-state index is 0.00617. The Morgan fingerprint density at radius 3 is 2.84 bits per heavy atom. The van der Waals surface area contributed by atoms with E-state index in [9.17, 15) is 9.18 Å². The van der Waals surface area contributed by atoms with Gasteiger partial charge in [-0.2, -0.15) is 0 Å². The number of methoxy groups -OCH3 is 2. The molecule has 9 heteroatoms. The van der Waals surface area contributed by atoms with Crippen LogP contribution in [-0.2, 0) is 24.3 Å². The highest BCUT2D eigenvalue weighted by Gasteiger charge is 2.17. The number of benzene rings is 1. The molecule has 2 aromatic rings. The second-order valence-corrected chi connectivity index (χ2v) is 6.38. The summed E-state index contributed by atoms with van der Waals surface area (Å²) in [6.07, 6.45) is 0.742. The van der Waals surface area contributed by atoms with Crippen molar-refractivity contribution in [2.75, 3.05) is 26.1 Å². The maximum Gasteiger partial charge on any atom is 0.321 e. The summed E-state index contributed by atoms with van der Waals surface area (Å²) in [6, 6.07) is 2.26. The van der Waals surface area contributed by atoms with Gasteiger partial charge in [-0.3, -0.25) is 5.32 Å². The number of anilines is 1. The lowest BCUT2D eigenvalue weighted by atomic mass is 10.2. The number of rotatable bonds is 5. The number of carbonyl (C=O) groups is 1. The molecule has 0 aliphatic carbocycles. The molecule has 134 valence electrons. The van der Waals surface area contributed by atoms with E-state index in [4.69, 9.17) is 14.2 Å². The van der Waals surface area contributed by atoms with E-state index >= 15 is 0 Å². The Kier molecular flexibility index (Phi) is 5.34. The van der Waals surface area contributed by atoms with Gasteiger partial charge in [-0.1, -0.05) is 11.3 Å². The van der Waals surface area contributed by atoms with Crippen LogP contribution < -0.4 is 20.1 Å². The number of halogens is 1. The Morgan fingerprint density at radius 1 is 1.36 bits per heavy atom. The topological polar surface area (TPSA) is 81.7 Å². The molecule has 25 heavy (non-hydrogen) atoms. The lowest BCUT2D eigenvalue weighted by Gasteiger charge is -2.11. The fourth-order valence-electron chi connectivity index (χ4n) is 2.43. The number of nitrogens with zero attached hydrogens (tertiary/aromatic N) is 1. The van der Waals surface area contributed by atoms with Crippen LogP contribution in [0.5, 0.6) is 11.5 Å². The molecule has 2 N–H and O–H groups in total. The Morgan fingerprint density at radius 2 is 2.12 bits per heavy atom. The Balaban J connectivity index is 1.61.